The molecule has 7 atom stereocenters. The number of hydrogen-bond donors (Lipinski definition) is 1. The Morgan fingerprint density at radius 3 is 1.78 bits per heavy atom. The van der Waals surface area contributed by atoms with Crippen LogP contribution < -0.4 is 5.32 Å². The number of esters is 3. The van der Waals surface area contributed by atoms with E-state index in [4.69, 9.17) is 42.8 Å². The van der Waals surface area contributed by atoms with E-state index in [0.29, 0.717) is 41.1 Å². The van der Waals surface area contributed by atoms with Crippen LogP contribution in [0.5, 0.6) is 0 Å². The first-order valence-corrected chi connectivity index (χ1v) is 32.9. The summed E-state index contributed by atoms with van der Waals surface area (Å²) < 4.78 is 42.9. The van der Waals surface area contributed by atoms with Crippen LogP contribution in [-0.4, -0.2) is 85.1 Å². The summed E-state index contributed by atoms with van der Waals surface area (Å²) in [5, 5.41) is 9.40. The van der Waals surface area contributed by atoms with E-state index in [0.717, 1.165) is 32.3 Å². The lowest BCUT2D eigenvalue weighted by Crippen LogP contribution is -2.50. The number of aromatic nitrogens is 4. The van der Waals surface area contributed by atoms with Crippen molar-refractivity contribution in [1.29, 1.82) is 0 Å². The summed E-state index contributed by atoms with van der Waals surface area (Å²) in [5.41, 5.74) is 2.89. The van der Waals surface area contributed by atoms with Gasteiger partial charge >= 0.3 is 17.9 Å². The van der Waals surface area contributed by atoms with E-state index in [1.54, 1.807) is 85.2 Å². The fraction of sp³-hybridized carbons (Fsp3) is 0.333. The Balaban J connectivity index is 1.07. The average molecular weight is 1090 g/mol. The number of benzene rings is 7. The summed E-state index contributed by atoms with van der Waals surface area (Å²) in [5.74, 6) is -1.76. The van der Waals surface area contributed by atoms with Gasteiger partial charge in [-0.25, -0.2) is 29.3 Å². The molecule has 2 aromatic heterocycles. The van der Waals surface area contributed by atoms with Gasteiger partial charge in [0, 0.05) is 12.0 Å². The Kier molecular flexibility index (Phi) is 14.1. The second kappa shape index (κ2) is 20.7. The number of rotatable bonds is 14. The van der Waals surface area contributed by atoms with E-state index in [1.807, 2.05) is 34.9 Å². The molecule has 9 aromatic rings. The molecule has 0 spiro atoms. The first kappa shape index (κ1) is 53.6. The molecule has 16 heteroatoms. The van der Waals surface area contributed by atoms with E-state index in [2.05, 4.69) is 103 Å². The van der Waals surface area contributed by atoms with Crippen LogP contribution in [0.25, 0.3) is 43.5 Å². The predicted molar refractivity (Wildman–Crippen MR) is 311 cm³/mol. The van der Waals surface area contributed by atoms with Crippen LogP contribution in [0.4, 0.5) is 5.82 Å². The minimum Gasteiger partial charge on any atom is -0.452 e. The van der Waals surface area contributed by atoms with Crippen molar-refractivity contribution >= 4 is 83.8 Å². The molecule has 0 amide bonds. The molecule has 79 heavy (non-hydrogen) atoms. The maximum atomic E-state index is 14.8. The number of carbonyl (C=O) groups is 3. The van der Waals surface area contributed by atoms with Crippen molar-refractivity contribution in [2.45, 2.75) is 127 Å². The molecule has 2 aliphatic rings. The number of fused-ring (bicyclic) bond motifs is 3. The second-order valence-corrected chi connectivity index (χ2v) is 33.5. The molecule has 1 aliphatic carbocycles. The predicted octanol–water partition coefficient (Wildman–Crippen LogP) is 13.9. The zero-order valence-corrected chi connectivity index (χ0v) is 48.4. The van der Waals surface area contributed by atoms with Gasteiger partial charge in [0.15, 0.2) is 51.9 Å². The van der Waals surface area contributed by atoms with Crippen molar-refractivity contribution in [3.63, 3.8) is 0 Å². The van der Waals surface area contributed by atoms with Gasteiger partial charge in [-0.2, -0.15) is 0 Å². The maximum Gasteiger partial charge on any atom is 0.338 e. The molecule has 11 rings (SSSR count). The third kappa shape index (κ3) is 10.2. The van der Waals surface area contributed by atoms with E-state index in [9.17, 15) is 14.4 Å². The van der Waals surface area contributed by atoms with E-state index in [1.165, 1.54) is 6.33 Å². The Hall–Kier alpha value is -7.35. The minimum absolute atomic E-state index is 0.00563. The highest BCUT2D eigenvalue weighted by Crippen LogP contribution is 2.51. The maximum absolute atomic E-state index is 14.8. The lowest BCUT2D eigenvalue weighted by Gasteiger charge is -2.43. The van der Waals surface area contributed by atoms with Crippen LogP contribution in [0.1, 0.15) is 109 Å². The van der Waals surface area contributed by atoms with Crippen LogP contribution in [0.2, 0.25) is 36.3 Å². The number of nitrogens with one attached hydrogen (secondary N) is 1. The van der Waals surface area contributed by atoms with Gasteiger partial charge in [-0.3, -0.25) is 4.57 Å². The second-order valence-electron chi connectivity index (χ2n) is 23.9. The molecule has 14 nitrogen and oxygen atoms in total. The standard InChI is InChI=1S/C63H67N5O9Si2/c1-62(2,3)78(7,8)72-35-47-46(77-79(9,10)63(4,5)6)34-48(73-47)68-37-66-53-57(64-36-65-58(53)68)67-52-51-44-32-31-39-28-20-27-38-29-30-43(50(44)49(38)39)33-45(51)54(74-59(69)40-21-14-11-15-22-40)56(76-61(71)42-25-18-13-19-26-42)55(52)75-60(70)41-23-16-12-17-24-41/h11-33,36-37,46-48,52,54-56H,34-35H2,1-10H3,(H,64,65,67)/t46-,47+,48+,52?,54+,55?,56-/m0/s1. The smallest absolute Gasteiger partial charge is 0.338 e. The summed E-state index contributed by atoms with van der Waals surface area (Å²) in [7, 11) is -4.45. The molecular weight excluding hydrogens is 1030 g/mol. The number of imidazole rings is 1. The highest BCUT2D eigenvalue weighted by molar-refractivity contribution is 6.74. The van der Waals surface area contributed by atoms with Crippen molar-refractivity contribution in [1.82, 2.24) is 19.5 Å². The summed E-state index contributed by atoms with van der Waals surface area (Å²) in [6, 6.07) is 41.2. The normalized spacial score (nSPS) is 20.9. The van der Waals surface area contributed by atoms with Crippen molar-refractivity contribution in [3.05, 3.63) is 180 Å². The van der Waals surface area contributed by atoms with Gasteiger partial charge in [0.25, 0.3) is 0 Å². The van der Waals surface area contributed by atoms with Crippen LogP contribution in [-0.2, 0) is 27.8 Å². The molecule has 7 aromatic carbocycles. The van der Waals surface area contributed by atoms with Gasteiger partial charge < -0.3 is 33.1 Å². The summed E-state index contributed by atoms with van der Waals surface area (Å²) in [4.78, 5) is 58.6. The molecule has 2 unspecified atom stereocenters. The Morgan fingerprint density at radius 2 is 1.19 bits per heavy atom. The molecule has 0 radical (unpaired) electrons. The van der Waals surface area contributed by atoms with Crippen molar-refractivity contribution in [2.24, 2.45) is 0 Å². The third-order valence-corrected chi connectivity index (χ3v) is 25.9. The summed E-state index contributed by atoms with van der Waals surface area (Å²) in [6.07, 6.45) is -1.54. The number of hydrogen-bond acceptors (Lipinski definition) is 13. The van der Waals surface area contributed by atoms with Crippen LogP contribution >= 0.6 is 0 Å². The fourth-order valence-corrected chi connectivity index (χ4v) is 12.9. The van der Waals surface area contributed by atoms with Gasteiger partial charge in [-0.05, 0) is 117 Å². The largest absolute Gasteiger partial charge is 0.452 e. The fourth-order valence-electron chi connectivity index (χ4n) is 10.5. The molecule has 0 bridgehead atoms. The highest BCUT2D eigenvalue weighted by atomic mass is 28.4. The molecule has 0 saturated carbocycles. The van der Waals surface area contributed by atoms with Crippen LogP contribution in [0, 0.1) is 0 Å². The van der Waals surface area contributed by atoms with Gasteiger partial charge in [-0.1, -0.05) is 139 Å². The molecular formula is C63H67N5O9Si2. The van der Waals surface area contributed by atoms with Gasteiger partial charge in [-0.15, -0.1) is 0 Å². The minimum atomic E-state index is -2.28. The molecule has 1 N–H and O–H groups in total. The highest BCUT2D eigenvalue weighted by Gasteiger charge is 2.52. The first-order chi connectivity index (χ1) is 37.7. The van der Waals surface area contributed by atoms with E-state index in [-0.39, 0.29) is 39.0 Å². The zero-order chi connectivity index (χ0) is 55.6. The average Bonchev–Trinajstić information content (AvgIpc) is 3.50. The molecule has 3 heterocycles. The van der Waals surface area contributed by atoms with E-state index >= 15 is 0 Å². The molecule has 1 aliphatic heterocycles. The topological polar surface area (TPSA) is 162 Å². The molecule has 406 valence electrons. The Morgan fingerprint density at radius 1 is 0.633 bits per heavy atom. The number of nitrogens with zero attached hydrogens (tertiary/aromatic N) is 4. The summed E-state index contributed by atoms with van der Waals surface area (Å²) in [6.45, 7) is 22.8. The quantitative estimate of drug-likeness (QED) is 0.0474. The Bertz CT molecular complexity index is 3700. The SMILES string of the molecule is CC(C)(C)[Si](C)(C)OC[C@H]1O[C@@H](n2cnc3c(NC4c5c(cc6ccc7cccc8ccc5c6c78)[C@@H](OC(=O)c5ccccc5)[C@H](OC(=O)c5ccccc5)C4OC(=O)c4ccccc4)ncnc32)C[C@@H]1O[Si](C)(C)C(C)(C)C. The van der Waals surface area contributed by atoms with Crippen LogP contribution in [0.3, 0.4) is 0 Å². The van der Waals surface area contributed by atoms with Gasteiger partial charge in [0.2, 0.25) is 0 Å². The number of anilines is 1. The monoisotopic (exact) mass is 1090 g/mol. The Labute approximate surface area is 462 Å². The van der Waals surface area contributed by atoms with Crippen molar-refractivity contribution < 1.29 is 42.2 Å². The number of carbonyl (C=O) groups excluding carboxylic acids is 3. The molecule has 1 saturated heterocycles. The zero-order valence-electron chi connectivity index (χ0n) is 46.4. The summed E-state index contributed by atoms with van der Waals surface area (Å²) >= 11 is 0. The van der Waals surface area contributed by atoms with E-state index < -0.39 is 65.1 Å². The number of ether oxygens (including phenoxy) is 4. The third-order valence-electron chi connectivity index (χ3n) is 16.8. The van der Waals surface area contributed by atoms with Gasteiger partial charge in [0.05, 0.1) is 41.8 Å². The van der Waals surface area contributed by atoms with Crippen molar-refractivity contribution in [3.8, 4) is 0 Å². The van der Waals surface area contributed by atoms with Crippen LogP contribution in [0.15, 0.2) is 152 Å². The lowest BCUT2D eigenvalue weighted by molar-refractivity contribution is -0.101. The first-order valence-electron chi connectivity index (χ1n) is 27.1. The van der Waals surface area contributed by atoms with Crippen molar-refractivity contribution in [2.75, 3.05) is 11.9 Å². The molecule has 1 fully saturated rings. The van der Waals surface area contributed by atoms with Gasteiger partial charge in [0.1, 0.15) is 18.7 Å². The lowest BCUT2D eigenvalue weighted by atomic mass is 9.76.